The zero-order valence-corrected chi connectivity index (χ0v) is 14.3. The second-order valence-electron chi connectivity index (χ2n) is 5.40. The van der Waals surface area contributed by atoms with E-state index in [1.165, 1.54) is 12.7 Å². The van der Waals surface area contributed by atoms with E-state index in [1.807, 2.05) is 11.8 Å². The van der Waals surface area contributed by atoms with Gasteiger partial charge in [0, 0.05) is 22.1 Å². The molecule has 1 aliphatic carbocycles. The van der Waals surface area contributed by atoms with Gasteiger partial charge in [-0.2, -0.15) is 23.1 Å². The molecule has 0 radical (unpaired) electrons. The lowest BCUT2D eigenvalue weighted by Gasteiger charge is -2.12. The van der Waals surface area contributed by atoms with Gasteiger partial charge in [0.1, 0.15) is 5.01 Å². The van der Waals surface area contributed by atoms with Gasteiger partial charge in [0.05, 0.1) is 19.2 Å². The van der Waals surface area contributed by atoms with E-state index in [4.69, 9.17) is 4.74 Å². The molecule has 2 aromatic heterocycles. The standard InChI is InChI=1S/C15H17NO2S3/c1-18-13(17)6-15(3-4-15)10-20-8-12-9-21-14(16-12)11-2-5-19-7-11/h2,5,7,9H,3-4,6,8,10H2,1H3. The Balaban J connectivity index is 1.49. The number of esters is 1. The highest BCUT2D eigenvalue weighted by molar-refractivity contribution is 7.98. The zero-order chi connectivity index (χ0) is 14.7. The molecule has 21 heavy (non-hydrogen) atoms. The van der Waals surface area contributed by atoms with Crippen LogP contribution in [-0.2, 0) is 15.3 Å². The molecule has 1 fully saturated rings. The minimum atomic E-state index is -0.0819. The van der Waals surface area contributed by atoms with Gasteiger partial charge in [-0.1, -0.05) is 0 Å². The van der Waals surface area contributed by atoms with Crippen molar-refractivity contribution >= 4 is 40.4 Å². The van der Waals surface area contributed by atoms with E-state index in [9.17, 15) is 4.79 Å². The van der Waals surface area contributed by atoms with Crippen LogP contribution in [0, 0.1) is 5.41 Å². The van der Waals surface area contributed by atoms with Crippen LogP contribution in [0.15, 0.2) is 22.2 Å². The highest BCUT2D eigenvalue weighted by atomic mass is 32.2. The van der Waals surface area contributed by atoms with E-state index in [0.29, 0.717) is 6.42 Å². The number of methoxy groups -OCH3 is 1. The van der Waals surface area contributed by atoms with Gasteiger partial charge in [-0.05, 0) is 35.5 Å². The van der Waals surface area contributed by atoms with Crippen molar-refractivity contribution in [2.75, 3.05) is 12.9 Å². The first-order chi connectivity index (χ1) is 10.2. The summed E-state index contributed by atoms with van der Waals surface area (Å²) in [6.45, 7) is 0. The molecule has 1 saturated carbocycles. The summed E-state index contributed by atoms with van der Waals surface area (Å²) in [5.41, 5.74) is 2.55. The molecule has 112 valence electrons. The molecule has 0 bridgehead atoms. The lowest BCUT2D eigenvalue weighted by molar-refractivity contribution is -0.141. The normalized spacial score (nSPS) is 15.9. The Bertz CT molecular complexity index is 602. The second kappa shape index (κ2) is 6.50. The average Bonchev–Trinajstić information content (AvgIpc) is 2.93. The smallest absolute Gasteiger partial charge is 0.306 e. The summed E-state index contributed by atoms with van der Waals surface area (Å²) in [5.74, 6) is 1.86. The van der Waals surface area contributed by atoms with Crippen molar-refractivity contribution in [1.82, 2.24) is 4.98 Å². The fraction of sp³-hybridized carbons (Fsp3) is 0.467. The summed E-state index contributed by atoms with van der Waals surface area (Å²) < 4.78 is 4.78. The van der Waals surface area contributed by atoms with Gasteiger partial charge in [-0.15, -0.1) is 11.3 Å². The maximum absolute atomic E-state index is 11.4. The molecule has 1 aliphatic rings. The van der Waals surface area contributed by atoms with Gasteiger partial charge < -0.3 is 4.74 Å². The Morgan fingerprint density at radius 2 is 2.33 bits per heavy atom. The molecule has 0 amide bonds. The van der Waals surface area contributed by atoms with Crippen molar-refractivity contribution in [3.8, 4) is 10.6 Å². The molecule has 2 aromatic rings. The third kappa shape index (κ3) is 3.87. The van der Waals surface area contributed by atoms with Crippen LogP contribution in [0.1, 0.15) is 25.0 Å². The maximum atomic E-state index is 11.4. The van der Waals surface area contributed by atoms with Crippen LogP contribution in [0.4, 0.5) is 0 Å². The van der Waals surface area contributed by atoms with E-state index < -0.39 is 0 Å². The minimum Gasteiger partial charge on any atom is -0.469 e. The van der Waals surface area contributed by atoms with Gasteiger partial charge in [0.25, 0.3) is 0 Å². The molecular formula is C15H17NO2S3. The van der Waals surface area contributed by atoms with Gasteiger partial charge >= 0.3 is 5.97 Å². The number of rotatable bonds is 7. The summed E-state index contributed by atoms with van der Waals surface area (Å²) in [4.78, 5) is 16.1. The van der Waals surface area contributed by atoms with Crippen LogP contribution in [0.25, 0.3) is 10.6 Å². The molecule has 2 heterocycles. The lowest BCUT2D eigenvalue weighted by atomic mass is 10.1. The van der Waals surface area contributed by atoms with Gasteiger partial charge in [-0.25, -0.2) is 4.98 Å². The Morgan fingerprint density at radius 1 is 1.48 bits per heavy atom. The van der Waals surface area contributed by atoms with Crippen LogP contribution in [-0.4, -0.2) is 23.8 Å². The number of carbonyl (C=O) groups is 1. The molecule has 0 spiro atoms. The molecule has 0 aliphatic heterocycles. The highest BCUT2D eigenvalue weighted by Gasteiger charge is 2.44. The molecular weight excluding hydrogens is 322 g/mol. The number of nitrogens with zero attached hydrogens (tertiary/aromatic N) is 1. The molecule has 3 nitrogen and oxygen atoms in total. The van der Waals surface area contributed by atoms with Crippen LogP contribution < -0.4 is 0 Å². The minimum absolute atomic E-state index is 0.0819. The van der Waals surface area contributed by atoms with Crippen LogP contribution in [0.3, 0.4) is 0 Å². The van der Waals surface area contributed by atoms with Crippen molar-refractivity contribution in [2.24, 2.45) is 5.41 Å². The van der Waals surface area contributed by atoms with Crippen molar-refractivity contribution in [2.45, 2.75) is 25.0 Å². The quantitative estimate of drug-likeness (QED) is 0.699. The number of aromatic nitrogens is 1. The number of carbonyl (C=O) groups excluding carboxylic acids is 1. The monoisotopic (exact) mass is 339 g/mol. The van der Waals surface area contributed by atoms with Crippen LogP contribution in [0.2, 0.25) is 0 Å². The summed E-state index contributed by atoms with van der Waals surface area (Å²) in [7, 11) is 1.47. The third-order valence-corrected chi connectivity index (χ3v) is 6.62. The average molecular weight is 340 g/mol. The van der Waals surface area contributed by atoms with Crippen molar-refractivity contribution in [3.63, 3.8) is 0 Å². The van der Waals surface area contributed by atoms with E-state index in [1.54, 1.807) is 22.7 Å². The molecule has 0 N–H and O–H groups in total. The first-order valence-corrected chi connectivity index (χ1v) is 9.80. The van der Waals surface area contributed by atoms with Crippen molar-refractivity contribution < 1.29 is 9.53 Å². The summed E-state index contributed by atoms with van der Waals surface area (Å²) >= 11 is 5.28. The fourth-order valence-corrected chi connectivity index (χ4v) is 5.11. The first kappa shape index (κ1) is 15.1. The molecule has 0 aromatic carbocycles. The SMILES string of the molecule is COC(=O)CC1(CSCc2csc(-c3ccsc3)n2)CC1. The largest absolute Gasteiger partial charge is 0.469 e. The predicted molar refractivity (Wildman–Crippen MR) is 89.9 cm³/mol. The second-order valence-corrected chi connectivity index (χ2v) is 8.03. The van der Waals surface area contributed by atoms with E-state index >= 15 is 0 Å². The number of thiazole rings is 1. The molecule has 6 heteroatoms. The van der Waals surface area contributed by atoms with Crippen LogP contribution in [0.5, 0.6) is 0 Å². The molecule has 0 saturated heterocycles. The molecule has 0 atom stereocenters. The van der Waals surface area contributed by atoms with E-state index in [0.717, 1.165) is 35.0 Å². The predicted octanol–water partition coefficient (Wildman–Crippen LogP) is 4.45. The summed E-state index contributed by atoms with van der Waals surface area (Å²) in [6, 6.07) is 2.11. The zero-order valence-electron chi connectivity index (χ0n) is 11.8. The first-order valence-electron chi connectivity index (χ1n) is 6.82. The number of ether oxygens (including phenoxy) is 1. The van der Waals surface area contributed by atoms with Crippen molar-refractivity contribution in [1.29, 1.82) is 0 Å². The van der Waals surface area contributed by atoms with E-state index in [-0.39, 0.29) is 11.4 Å². The van der Waals surface area contributed by atoms with Crippen LogP contribution >= 0.6 is 34.4 Å². The topological polar surface area (TPSA) is 39.2 Å². The highest BCUT2D eigenvalue weighted by Crippen LogP contribution is 2.51. The Labute approximate surface area is 136 Å². The number of thioether (sulfide) groups is 1. The fourth-order valence-electron chi connectivity index (χ4n) is 2.19. The number of hydrogen-bond donors (Lipinski definition) is 0. The Hall–Kier alpha value is -0.850. The summed E-state index contributed by atoms with van der Waals surface area (Å²) in [5, 5.41) is 7.45. The van der Waals surface area contributed by atoms with Gasteiger partial charge in [0.2, 0.25) is 0 Å². The van der Waals surface area contributed by atoms with Gasteiger partial charge in [-0.3, -0.25) is 4.79 Å². The third-order valence-electron chi connectivity index (χ3n) is 3.68. The Kier molecular flexibility index (Phi) is 4.66. The van der Waals surface area contributed by atoms with E-state index in [2.05, 4.69) is 27.2 Å². The summed E-state index contributed by atoms with van der Waals surface area (Å²) in [6.07, 6.45) is 2.85. The van der Waals surface area contributed by atoms with Gasteiger partial charge in [0.15, 0.2) is 0 Å². The maximum Gasteiger partial charge on any atom is 0.306 e. The molecule has 3 rings (SSSR count). The number of thiophene rings is 1. The Morgan fingerprint density at radius 3 is 3.00 bits per heavy atom. The number of hydrogen-bond acceptors (Lipinski definition) is 6. The lowest BCUT2D eigenvalue weighted by Crippen LogP contribution is -2.13. The van der Waals surface area contributed by atoms with Crippen molar-refractivity contribution in [3.05, 3.63) is 27.9 Å². The molecule has 0 unspecified atom stereocenters.